The summed E-state index contributed by atoms with van der Waals surface area (Å²) in [5.74, 6) is -1.45. The zero-order valence-electron chi connectivity index (χ0n) is 10.6. The van der Waals surface area contributed by atoms with E-state index in [2.05, 4.69) is 0 Å². The summed E-state index contributed by atoms with van der Waals surface area (Å²) in [5, 5.41) is 8.61. The van der Waals surface area contributed by atoms with Gasteiger partial charge in [0.05, 0.1) is 12.6 Å². The van der Waals surface area contributed by atoms with Crippen LogP contribution in [0, 0.1) is 5.82 Å². The highest BCUT2D eigenvalue weighted by Crippen LogP contribution is 2.28. The molecule has 20 heavy (non-hydrogen) atoms. The van der Waals surface area contributed by atoms with Crippen molar-refractivity contribution >= 4 is 11.8 Å². The topological polar surface area (TPSA) is 78.9 Å². The van der Waals surface area contributed by atoms with E-state index in [-0.39, 0.29) is 30.7 Å². The minimum atomic E-state index is -0.759. The number of benzene rings is 1. The van der Waals surface area contributed by atoms with Gasteiger partial charge in [0.1, 0.15) is 12.4 Å². The molecule has 1 aromatic rings. The number of ether oxygens (including phenoxy) is 1. The second-order valence-electron chi connectivity index (χ2n) is 4.93. The van der Waals surface area contributed by atoms with Gasteiger partial charge in [-0.1, -0.05) is 0 Å². The second kappa shape index (κ2) is 4.84. The van der Waals surface area contributed by atoms with Crippen LogP contribution in [0.5, 0.6) is 0 Å². The first-order valence-corrected chi connectivity index (χ1v) is 6.23. The summed E-state index contributed by atoms with van der Waals surface area (Å²) in [6.07, 6.45) is 0.435. The fraction of sp³-hybridized carbons (Fsp3) is 0.385. The van der Waals surface area contributed by atoms with Gasteiger partial charge < -0.3 is 9.64 Å². The number of halogens is 1. The summed E-state index contributed by atoms with van der Waals surface area (Å²) in [6, 6.07) is 2.48. The number of hydrogen-bond acceptors (Lipinski definition) is 4. The number of carbonyl (C=O) groups is 2. The quantitative estimate of drug-likeness (QED) is 0.570. The van der Waals surface area contributed by atoms with Gasteiger partial charge in [-0.25, -0.2) is 9.87 Å². The molecular weight excluding hydrogens is 267 g/mol. The van der Waals surface area contributed by atoms with Gasteiger partial charge in [-0.15, -0.1) is 0 Å². The number of hydroxylamine groups is 1. The third-order valence-electron chi connectivity index (χ3n) is 3.73. The number of amides is 2. The number of morpholine rings is 1. The molecule has 3 rings (SSSR count). The van der Waals surface area contributed by atoms with Crippen molar-refractivity contribution in [3.05, 3.63) is 34.6 Å². The Hall–Kier alpha value is -1.99. The van der Waals surface area contributed by atoms with Gasteiger partial charge in [-0.2, -0.15) is 0 Å². The van der Waals surface area contributed by atoms with Crippen LogP contribution in [0.1, 0.15) is 21.5 Å². The highest BCUT2D eigenvalue weighted by atomic mass is 19.1. The molecule has 0 bridgehead atoms. The van der Waals surface area contributed by atoms with Crippen LogP contribution in [0.15, 0.2) is 12.1 Å². The molecule has 1 fully saturated rings. The average Bonchev–Trinajstić information content (AvgIpc) is 2.45. The lowest BCUT2D eigenvalue weighted by Gasteiger charge is -2.40. The summed E-state index contributed by atoms with van der Waals surface area (Å²) in [4.78, 5) is 24.7. The van der Waals surface area contributed by atoms with Crippen molar-refractivity contribution < 1.29 is 23.9 Å². The molecular formula is C13H13FN2O4. The van der Waals surface area contributed by atoms with Crippen molar-refractivity contribution in [2.75, 3.05) is 13.2 Å². The summed E-state index contributed by atoms with van der Waals surface area (Å²) in [7, 11) is 0. The Bertz CT molecular complexity index is 590. The zero-order valence-corrected chi connectivity index (χ0v) is 10.6. The first kappa shape index (κ1) is 13.0. The Morgan fingerprint density at radius 3 is 3.05 bits per heavy atom. The number of fused-ring (bicyclic) bond motifs is 2. The van der Waals surface area contributed by atoms with Gasteiger partial charge in [-0.05, 0) is 24.1 Å². The molecule has 2 N–H and O–H groups in total. The number of nitrogens with zero attached hydrogens (tertiary/aromatic N) is 1. The van der Waals surface area contributed by atoms with Crippen molar-refractivity contribution in [1.82, 2.24) is 10.4 Å². The first-order chi connectivity index (χ1) is 9.60. The molecule has 7 heteroatoms. The van der Waals surface area contributed by atoms with Crippen molar-refractivity contribution in [3.8, 4) is 0 Å². The fourth-order valence-electron chi connectivity index (χ4n) is 2.72. The van der Waals surface area contributed by atoms with Crippen molar-refractivity contribution in [2.24, 2.45) is 0 Å². The molecule has 0 saturated carbocycles. The maximum atomic E-state index is 14.1. The Labute approximate surface area is 114 Å². The monoisotopic (exact) mass is 280 g/mol. The molecule has 0 unspecified atom stereocenters. The van der Waals surface area contributed by atoms with E-state index in [0.29, 0.717) is 24.2 Å². The van der Waals surface area contributed by atoms with E-state index >= 15 is 0 Å². The van der Waals surface area contributed by atoms with Crippen molar-refractivity contribution in [2.45, 2.75) is 19.0 Å². The van der Waals surface area contributed by atoms with Crippen LogP contribution in [-0.4, -0.2) is 41.2 Å². The summed E-state index contributed by atoms with van der Waals surface area (Å²) >= 11 is 0. The normalized spacial score (nSPS) is 21.2. The Morgan fingerprint density at radius 2 is 2.30 bits per heavy atom. The van der Waals surface area contributed by atoms with E-state index in [1.165, 1.54) is 5.48 Å². The molecule has 2 aliphatic heterocycles. The summed E-state index contributed by atoms with van der Waals surface area (Å²) in [6.45, 7) is 0.622. The predicted molar refractivity (Wildman–Crippen MR) is 64.5 cm³/mol. The lowest BCUT2D eigenvalue weighted by atomic mass is 9.91. The van der Waals surface area contributed by atoms with E-state index in [1.54, 1.807) is 11.0 Å². The number of hydrogen-bond donors (Lipinski definition) is 2. The minimum Gasteiger partial charge on any atom is -0.369 e. The number of carbonyl (C=O) groups excluding carboxylic acids is 2. The average molecular weight is 280 g/mol. The lowest BCUT2D eigenvalue weighted by Crippen LogP contribution is -2.52. The van der Waals surface area contributed by atoms with Gasteiger partial charge >= 0.3 is 0 Å². The number of nitrogens with one attached hydrogen (secondary N) is 1. The standard InChI is InChI=1S/C13H13FN2O4/c14-11-3-8(13(18)15-19)1-7-2-9-5-20-6-12(17)16(9)4-10(7)11/h1,3,9,19H,2,4-6H2,(H,15,18)/t9-/m1/s1. The molecule has 2 aliphatic rings. The molecule has 106 valence electrons. The molecule has 0 radical (unpaired) electrons. The van der Waals surface area contributed by atoms with Crippen LogP contribution in [0.3, 0.4) is 0 Å². The Morgan fingerprint density at radius 1 is 1.50 bits per heavy atom. The van der Waals surface area contributed by atoms with E-state index < -0.39 is 11.7 Å². The van der Waals surface area contributed by atoms with Crippen LogP contribution in [0.25, 0.3) is 0 Å². The highest BCUT2D eigenvalue weighted by Gasteiger charge is 2.34. The first-order valence-electron chi connectivity index (χ1n) is 6.23. The molecule has 0 aliphatic carbocycles. The largest absolute Gasteiger partial charge is 0.369 e. The molecule has 1 atom stereocenters. The maximum absolute atomic E-state index is 14.1. The SMILES string of the molecule is O=C(NO)c1cc(F)c2c(c1)C[C@@H]1COCC(=O)N1C2. The lowest BCUT2D eigenvalue weighted by molar-refractivity contribution is -0.149. The smallest absolute Gasteiger partial charge is 0.274 e. The van der Waals surface area contributed by atoms with E-state index in [1.807, 2.05) is 0 Å². The van der Waals surface area contributed by atoms with Gasteiger partial charge in [0.25, 0.3) is 5.91 Å². The van der Waals surface area contributed by atoms with Gasteiger partial charge in [0.15, 0.2) is 0 Å². The molecule has 0 spiro atoms. The van der Waals surface area contributed by atoms with Crippen LogP contribution >= 0.6 is 0 Å². The molecule has 1 saturated heterocycles. The Kier molecular flexibility index (Phi) is 3.15. The number of rotatable bonds is 1. The third kappa shape index (κ3) is 2.04. The molecule has 0 aromatic heterocycles. The summed E-state index contributed by atoms with van der Waals surface area (Å²) < 4.78 is 19.3. The maximum Gasteiger partial charge on any atom is 0.274 e. The van der Waals surface area contributed by atoms with E-state index in [0.717, 1.165) is 6.07 Å². The second-order valence-corrected chi connectivity index (χ2v) is 4.93. The molecule has 2 amide bonds. The van der Waals surface area contributed by atoms with Gasteiger partial charge in [0.2, 0.25) is 5.91 Å². The van der Waals surface area contributed by atoms with Crippen LogP contribution in [-0.2, 0) is 22.5 Å². The molecule has 2 heterocycles. The highest BCUT2D eigenvalue weighted by molar-refractivity contribution is 5.93. The fourth-order valence-corrected chi connectivity index (χ4v) is 2.72. The van der Waals surface area contributed by atoms with Gasteiger partial charge in [-0.3, -0.25) is 14.8 Å². The van der Waals surface area contributed by atoms with Crippen molar-refractivity contribution in [3.63, 3.8) is 0 Å². The van der Waals surface area contributed by atoms with Crippen LogP contribution < -0.4 is 5.48 Å². The molecule has 6 nitrogen and oxygen atoms in total. The molecule has 1 aromatic carbocycles. The van der Waals surface area contributed by atoms with Gasteiger partial charge in [0, 0.05) is 17.7 Å². The zero-order chi connectivity index (χ0) is 14.3. The van der Waals surface area contributed by atoms with Crippen LogP contribution in [0.2, 0.25) is 0 Å². The van der Waals surface area contributed by atoms with Crippen molar-refractivity contribution in [1.29, 1.82) is 0 Å². The Balaban J connectivity index is 1.99. The summed E-state index contributed by atoms with van der Waals surface area (Å²) in [5.41, 5.74) is 2.63. The third-order valence-corrected chi connectivity index (χ3v) is 3.73. The minimum absolute atomic E-state index is 0.0262. The predicted octanol–water partition coefficient (Wildman–Crippen LogP) is 0.228. The van der Waals surface area contributed by atoms with E-state index in [9.17, 15) is 14.0 Å². The van der Waals surface area contributed by atoms with E-state index in [4.69, 9.17) is 9.94 Å². The van der Waals surface area contributed by atoms with Crippen LogP contribution in [0.4, 0.5) is 4.39 Å².